The number of fused-ring (bicyclic) bond motifs is 1. The monoisotopic (exact) mass is 633 g/mol. The minimum atomic E-state index is -2.86. The lowest BCUT2D eigenvalue weighted by Crippen LogP contribution is -2.69. The summed E-state index contributed by atoms with van der Waals surface area (Å²) in [6.45, 7) is 16.0. The van der Waals surface area contributed by atoms with E-state index >= 15 is 0 Å². The van der Waals surface area contributed by atoms with Crippen LogP contribution in [-0.2, 0) is 15.7 Å². The molecule has 1 saturated heterocycles. The van der Waals surface area contributed by atoms with Gasteiger partial charge in [0.1, 0.15) is 0 Å². The Balaban J connectivity index is 1.68. The van der Waals surface area contributed by atoms with Gasteiger partial charge in [-0.15, -0.1) is 0 Å². The zero-order valence-corrected chi connectivity index (χ0v) is 27.5. The summed E-state index contributed by atoms with van der Waals surface area (Å²) in [5.41, 5.74) is 0.938. The second kappa shape index (κ2) is 11.5. The quantitative estimate of drug-likeness (QED) is 0.246. The molecule has 1 aliphatic rings. The Morgan fingerprint density at radius 1 is 0.927 bits per heavy atom. The smallest absolute Gasteiger partial charge is 0.262 e. The summed E-state index contributed by atoms with van der Waals surface area (Å²) in [6, 6.07) is 25.2. The molecule has 0 amide bonds. The predicted molar refractivity (Wildman–Crippen MR) is 174 cm³/mol. The average molecular weight is 635 g/mol. The Kier molecular flexibility index (Phi) is 8.31. The molecule has 216 valence electrons. The van der Waals surface area contributed by atoms with Gasteiger partial charge in [0.2, 0.25) is 5.95 Å². The lowest BCUT2D eigenvalue weighted by atomic mass is 10.1. The van der Waals surface area contributed by atoms with E-state index in [4.69, 9.17) is 14.1 Å². The van der Waals surface area contributed by atoms with E-state index in [1.54, 1.807) is 0 Å². The largest absolute Gasteiger partial charge is 0.401 e. The van der Waals surface area contributed by atoms with Crippen LogP contribution in [0.5, 0.6) is 0 Å². The highest BCUT2D eigenvalue weighted by molar-refractivity contribution is 9.10. The predicted octanol–water partition coefficient (Wildman–Crippen LogP) is 5.66. The summed E-state index contributed by atoms with van der Waals surface area (Å²) in [6.07, 6.45) is 0. The van der Waals surface area contributed by atoms with E-state index in [9.17, 15) is 4.79 Å². The molecule has 0 aliphatic carbocycles. The summed E-state index contributed by atoms with van der Waals surface area (Å²) in [7, 11) is -2.86. The molecule has 0 atom stereocenters. The van der Waals surface area contributed by atoms with Gasteiger partial charge >= 0.3 is 0 Å². The lowest BCUT2D eigenvalue weighted by Gasteiger charge is -2.48. The van der Waals surface area contributed by atoms with Crippen LogP contribution in [-0.4, -0.2) is 49.8 Å². The average Bonchev–Trinajstić information content (AvgIpc) is 2.94. The minimum Gasteiger partial charge on any atom is -0.401 e. The van der Waals surface area contributed by atoms with Gasteiger partial charge in [0, 0.05) is 17.6 Å². The number of aryl methyl sites for hydroxylation is 1. The van der Waals surface area contributed by atoms with Gasteiger partial charge in [-0.1, -0.05) is 81.4 Å². The fourth-order valence-electron chi connectivity index (χ4n) is 6.03. The Morgan fingerprint density at radius 3 is 2.02 bits per heavy atom. The van der Waals surface area contributed by atoms with Gasteiger partial charge in [-0.25, -0.2) is 4.98 Å². The maximum absolute atomic E-state index is 14.3. The molecule has 2 heterocycles. The first-order chi connectivity index (χ1) is 19.4. The van der Waals surface area contributed by atoms with Crippen LogP contribution in [0.1, 0.15) is 40.2 Å². The molecule has 6 nitrogen and oxygen atoms in total. The molecular weight excluding hydrogens is 594 g/mol. The summed E-state index contributed by atoms with van der Waals surface area (Å²) in [4.78, 5) is 21.5. The Hall–Kier alpha value is -2.78. The summed E-state index contributed by atoms with van der Waals surface area (Å²) < 4.78 is 15.8. The van der Waals surface area contributed by atoms with Crippen LogP contribution in [0.15, 0.2) is 82.1 Å². The van der Waals surface area contributed by atoms with E-state index in [1.165, 1.54) is 10.4 Å². The SMILES string of the molecule is Cc1cc(Br)c2nc(N3CCOCC3)n(CC(C)(C)O[Si](c3ccccc3)(c3ccccc3)C(C)(C)C)c(=O)c2c1. The van der Waals surface area contributed by atoms with Crippen LogP contribution in [0, 0.1) is 6.92 Å². The van der Waals surface area contributed by atoms with Crippen molar-refractivity contribution in [2.75, 3.05) is 31.2 Å². The molecule has 0 bridgehead atoms. The summed E-state index contributed by atoms with van der Waals surface area (Å²) >= 11 is 3.67. The Labute approximate surface area is 252 Å². The molecule has 41 heavy (non-hydrogen) atoms. The number of aromatic nitrogens is 2. The van der Waals surface area contributed by atoms with Crippen LogP contribution < -0.4 is 20.8 Å². The van der Waals surface area contributed by atoms with E-state index < -0.39 is 13.9 Å². The minimum absolute atomic E-state index is 0.0555. The van der Waals surface area contributed by atoms with Crippen molar-refractivity contribution in [3.63, 3.8) is 0 Å². The highest BCUT2D eigenvalue weighted by atomic mass is 79.9. The van der Waals surface area contributed by atoms with Gasteiger partial charge in [0.05, 0.1) is 36.3 Å². The number of rotatable bonds is 7. The first-order valence-corrected chi connectivity index (χ1v) is 17.0. The molecule has 1 fully saturated rings. The lowest BCUT2D eigenvalue weighted by molar-refractivity contribution is 0.0761. The molecule has 0 N–H and O–H groups in total. The first-order valence-electron chi connectivity index (χ1n) is 14.3. The van der Waals surface area contributed by atoms with Crippen molar-refractivity contribution in [3.05, 3.63) is 93.2 Å². The first kappa shape index (κ1) is 29.7. The third kappa shape index (κ3) is 5.80. The van der Waals surface area contributed by atoms with E-state index in [2.05, 4.69) is 116 Å². The third-order valence-corrected chi connectivity index (χ3v) is 13.7. The van der Waals surface area contributed by atoms with Gasteiger partial charge < -0.3 is 14.1 Å². The molecule has 0 unspecified atom stereocenters. The van der Waals surface area contributed by atoms with E-state index in [0.29, 0.717) is 49.7 Å². The van der Waals surface area contributed by atoms with Crippen molar-refractivity contribution in [1.29, 1.82) is 0 Å². The second-order valence-corrected chi connectivity index (χ2v) is 17.6. The van der Waals surface area contributed by atoms with Crippen molar-refractivity contribution < 1.29 is 9.16 Å². The molecule has 3 aromatic carbocycles. The molecule has 5 rings (SSSR count). The Morgan fingerprint density at radius 2 is 1.49 bits per heavy atom. The Bertz CT molecular complexity index is 1540. The van der Waals surface area contributed by atoms with Crippen molar-refractivity contribution in [3.8, 4) is 0 Å². The zero-order chi connectivity index (χ0) is 29.4. The summed E-state index contributed by atoms with van der Waals surface area (Å²) in [5.74, 6) is 0.662. The number of ether oxygens (including phenoxy) is 1. The number of anilines is 1. The van der Waals surface area contributed by atoms with Crippen LogP contribution in [0.25, 0.3) is 10.9 Å². The second-order valence-electron chi connectivity index (χ2n) is 12.6. The van der Waals surface area contributed by atoms with E-state index in [1.807, 2.05) is 23.6 Å². The molecule has 8 heteroatoms. The maximum Gasteiger partial charge on any atom is 0.262 e. The molecule has 1 aromatic heterocycles. The highest BCUT2D eigenvalue weighted by Crippen LogP contribution is 2.40. The van der Waals surface area contributed by atoms with Crippen LogP contribution >= 0.6 is 15.9 Å². The zero-order valence-electron chi connectivity index (χ0n) is 24.9. The topological polar surface area (TPSA) is 56.6 Å². The number of hydrogen-bond donors (Lipinski definition) is 0. The van der Waals surface area contributed by atoms with Crippen LogP contribution in [0.3, 0.4) is 0 Å². The van der Waals surface area contributed by atoms with Gasteiger partial charge in [-0.2, -0.15) is 0 Å². The van der Waals surface area contributed by atoms with Crippen LogP contribution in [0.4, 0.5) is 5.95 Å². The van der Waals surface area contributed by atoms with E-state index in [0.717, 1.165) is 10.0 Å². The number of morpholine rings is 1. The van der Waals surface area contributed by atoms with Gasteiger partial charge in [-0.3, -0.25) is 9.36 Å². The van der Waals surface area contributed by atoms with Crippen molar-refractivity contribution >= 4 is 51.5 Å². The molecule has 1 aliphatic heterocycles. The van der Waals surface area contributed by atoms with Gasteiger partial charge in [0.25, 0.3) is 13.9 Å². The van der Waals surface area contributed by atoms with Gasteiger partial charge in [-0.05, 0) is 69.8 Å². The number of benzene rings is 3. The standard InChI is InChI=1S/C33H40BrN3O3Si/c1-24-21-27-29(28(34)22-24)35-31(36-17-19-39-20-18-36)37(30(27)38)23-33(5,6)40-41(32(2,3)4,25-13-9-7-10-14-25)26-15-11-8-12-16-26/h7-16,21-22H,17-20,23H2,1-6H3. The summed E-state index contributed by atoms with van der Waals surface area (Å²) in [5, 5.41) is 2.84. The normalized spacial score (nSPS) is 15.0. The molecule has 0 radical (unpaired) electrons. The van der Waals surface area contributed by atoms with Crippen LogP contribution in [0.2, 0.25) is 5.04 Å². The van der Waals surface area contributed by atoms with Crippen molar-refractivity contribution in [2.24, 2.45) is 0 Å². The van der Waals surface area contributed by atoms with Crippen molar-refractivity contribution in [1.82, 2.24) is 9.55 Å². The molecular formula is C33H40BrN3O3Si. The van der Waals surface area contributed by atoms with Crippen molar-refractivity contribution in [2.45, 2.75) is 58.7 Å². The molecule has 0 spiro atoms. The molecule has 4 aromatic rings. The molecule has 0 saturated carbocycles. The maximum atomic E-state index is 14.3. The number of nitrogens with zero attached hydrogens (tertiary/aromatic N) is 3. The van der Waals surface area contributed by atoms with E-state index in [-0.39, 0.29) is 10.6 Å². The highest BCUT2D eigenvalue weighted by Gasteiger charge is 2.53. The van der Waals surface area contributed by atoms with Gasteiger partial charge in [0.15, 0.2) is 0 Å². The fraction of sp³-hybridized carbons (Fsp3) is 0.394. The third-order valence-electron chi connectivity index (χ3n) is 7.82. The number of hydrogen-bond acceptors (Lipinski definition) is 5. The fourth-order valence-corrected chi connectivity index (χ4v) is 11.5. The number of halogens is 1.